The van der Waals surface area contributed by atoms with E-state index in [0.29, 0.717) is 29.7 Å². The molecule has 0 spiro atoms. The van der Waals surface area contributed by atoms with Crippen molar-refractivity contribution in [3.63, 3.8) is 0 Å². The highest BCUT2D eigenvalue weighted by Crippen LogP contribution is 2.25. The fraction of sp³-hybridized carbons (Fsp3) is 0.500. The lowest BCUT2D eigenvalue weighted by atomic mass is 9.93. The number of aromatic hydroxyl groups is 1. The summed E-state index contributed by atoms with van der Waals surface area (Å²) in [4.78, 5) is 14.1. The molecule has 0 aromatic heterocycles. The molecule has 106 valence electrons. The molecule has 0 bridgehead atoms. The second kappa shape index (κ2) is 6.39. The van der Waals surface area contributed by atoms with Gasteiger partial charge in [-0.05, 0) is 53.0 Å². The van der Waals surface area contributed by atoms with Crippen LogP contribution in [0.2, 0.25) is 0 Å². The number of hydrogen-bond acceptors (Lipinski definition) is 3. The van der Waals surface area contributed by atoms with Crippen molar-refractivity contribution in [2.75, 3.05) is 19.6 Å². The molecule has 5 heteroatoms. The maximum absolute atomic E-state index is 12.4. The molecule has 19 heavy (non-hydrogen) atoms. The third-order valence-corrected chi connectivity index (χ3v) is 3.70. The second-order valence-electron chi connectivity index (χ2n) is 5.35. The van der Waals surface area contributed by atoms with E-state index >= 15 is 0 Å². The molecule has 0 saturated heterocycles. The molecular weight excluding hydrogens is 308 g/mol. The van der Waals surface area contributed by atoms with Crippen molar-refractivity contribution in [3.05, 3.63) is 28.2 Å². The van der Waals surface area contributed by atoms with E-state index in [9.17, 15) is 9.90 Å². The Labute approximate surface area is 122 Å². The normalized spacial score (nSPS) is 11.4. The van der Waals surface area contributed by atoms with E-state index in [0.717, 1.165) is 0 Å². The van der Waals surface area contributed by atoms with Crippen LogP contribution in [0, 0.1) is 5.41 Å². The Morgan fingerprint density at radius 2 is 2.11 bits per heavy atom. The summed E-state index contributed by atoms with van der Waals surface area (Å²) in [5, 5.41) is 9.64. The standard InChI is InChI=1S/C14H21BrN2O2/c1-4-17(9-14(2,3)8-16)13(19)10-5-6-11(15)12(18)7-10/h5-7,18H,4,8-9,16H2,1-3H3. The second-order valence-corrected chi connectivity index (χ2v) is 6.21. The molecule has 1 rings (SSSR count). The van der Waals surface area contributed by atoms with Crippen molar-refractivity contribution in [1.29, 1.82) is 0 Å². The van der Waals surface area contributed by atoms with Gasteiger partial charge in [-0.25, -0.2) is 0 Å². The average Bonchev–Trinajstić information content (AvgIpc) is 2.38. The van der Waals surface area contributed by atoms with Crippen LogP contribution in [0.4, 0.5) is 0 Å². The molecule has 0 saturated carbocycles. The number of phenolic OH excluding ortho intramolecular Hbond substituents is 1. The topological polar surface area (TPSA) is 66.6 Å². The first-order valence-corrected chi connectivity index (χ1v) is 7.08. The van der Waals surface area contributed by atoms with Gasteiger partial charge in [-0.2, -0.15) is 0 Å². The maximum Gasteiger partial charge on any atom is 0.253 e. The third-order valence-electron chi connectivity index (χ3n) is 3.03. The van der Waals surface area contributed by atoms with Crippen molar-refractivity contribution in [2.45, 2.75) is 20.8 Å². The number of carbonyl (C=O) groups excluding carboxylic acids is 1. The fourth-order valence-electron chi connectivity index (χ4n) is 1.74. The lowest BCUT2D eigenvalue weighted by Gasteiger charge is -2.31. The van der Waals surface area contributed by atoms with Crippen LogP contribution in [-0.4, -0.2) is 35.5 Å². The lowest BCUT2D eigenvalue weighted by molar-refractivity contribution is 0.0700. The number of phenols is 1. The number of benzene rings is 1. The van der Waals surface area contributed by atoms with Crippen LogP contribution >= 0.6 is 15.9 Å². The van der Waals surface area contributed by atoms with Crippen LogP contribution < -0.4 is 5.73 Å². The first kappa shape index (κ1) is 16.0. The molecule has 3 N–H and O–H groups in total. The summed E-state index contributed by atoms with van der Waals surface area (Å²) in [5.74, 6) is -0.0215. The molecule has 0 heterocycles. The molecule has 4 nitrogen and oxygen atoms in total. The minimum atomic E-state index is -0.122. The first-order chi connectivity index (χ1) is 8.80. The Balaban J connectivity index is 2.92. The Hall–Kier alpha value is -1.07. The van der Waals surface area contributed by atoms with Crippen molar-refractivity contribution in [2.24, 2.45) is 11.1 Å². The van der Waals surface area contributed by atoms with Gasteiger partial charge in [-0.15, -0.1) is 0 Å². The van der Waals surface area contributed by atoms with E-state index in [1.165, 1.54) is 6.07 Å². The van der Waals surface area contributed by atoms with E-state index in [2.05, 4.69) is 15.9 Å². The number of amides is 1. The number of nitrogens with zero attached hydrogens (tertiary/aromatic N) is 1. The molecule has 0 aliphatic carbocycles. The highest BCUT2D eigenvalue weighted by Gasteiger charge is 2.23. The molecule has 0 aliphatic heterocycles. The SMILES string of the molecule is CCN(CC(C)(C)CN)C(=O)c1ccc(Br)c(O)c1. The van der Waals surface area contributed by atoms with Gasteiger partial charge in [0.2, 0.25) is 0 Å². The van der Waals surface area contributed by atoms with Gasteiger partial charge in [0.25, 0.3) is 5.91 Å². The molecule has 1 amide bonds. The number of hydrogen-bond donors (Lipinski definition) is 2. The number of halogens is 1. The number of carbonyl (C=O) groups is 1. The summed E-state index contributed by atoms with van der Waals surface area (Å²) in [6.45, 7) is 7.71. The van der Waals surface area contributed by atoms with Crippen LogP contribution in [0.1, 0.15) is 31.1 Å². The smallest absolute Gasteiger partial charge is 0.253 e. The van der Waals surface area contributed by atoms with Crippen molar-refractivity contribution < 1.29 is 9.90 Å². The average molecular weight is 329 g/mol. The van der Waals surface area contributed by atoms with Crippen molar-refractivity contribution in [3.8, 4) is 5.75 Å². The molecule has 0 atom stereocenters. The van der Waals surface area contributed by atoms with Gasteiger partial charge < -0.3 is 15.7 Å². The van der Waals surface area contributed by atoms with E-state index in [1.807, 2.05) is 20.8 Å². The zero-order valence-electron chi connectivity index (χ0n) is 11.6. The zero-order valence-corrected chi connectivity index (χ0v) is 13.2. The highest BCUT2D eigenvalue weighted by atomic mass is 79.9. The zero-order chi connectivity index (χ0) is 14.6. The van der Waals surface area contributed by atoms with Gasteiger partial charge in [0.15, 0.2) is 0 Å². The molecule has 0 aliphatic rings. The summed E-state index contributed by atoms with van der Waals surface area (Å²) in [7, 11) is 0. The minimum absolute atomic E-state index is 0.0694. The van der Waals surface area contributed by atoms with E-state index in [1.54, 1.807) is 17.0 Å². The predicted molar refractivity (Wildman–Crippen MR) is 80.2 cm³/mol. The van der Waals surface area contributed by atoms with Gasteiger partial charge >= 0.3 is 0 Å². The van der Waals surface area contributed by atoms with Gasteiger partial charge in [-0.1, -0.05) is 13.8 Å². The molecule has 0 unspecified atom stereocenters. The Morgan fingerprint density at radius 3 is 2.58 bits per heavy atom. The molecule has 0 radical (unpaired) electrons. The van der Waals surface area contributed by atoms with Crippen LogP contribution in [0.3, 0.4) is 0 Å². The first-order valence-electron chi connectivity index (χ1n) is 6.28. The lowest BCUT2D eigenvalue weighted by Crippen LogP contribution is -2.41. The van der Waals surface area contributed by atoms with Crippen molar-refractivity contribution >= 4 is 21.8 Å². The van der Waals surface area contributed by atoms with E-state index < -0.39 is 0 Å². The summed E-state index contributed by atoms with van der Waals surface area (Å²) >= 11 is 3.20. The van der Waals surface area contributed by atoms with Gasteiger partial charge in [-0.3, -0.25) is 4.79 Å². The fourth-order valence-corrected chi connectivity index (χ4v) is 1.98. The van der Waals surface area contributed by atoms with E-state index in [-0.39, 0.29) is 17.1 Å². The van der Waals surface area contributed by atoms with Crippen LogP contribution in [0.25, 0.3) is 0 Å². The molecule has 1 aromatic rings. The predicted octanol–water partition coefficient (Wildman–Crippen LogP) is 2.60. The third kappa shape index (κ3) is 4.21. The van der Waals surface area contributed by atoms with Gasteiger partial charge in [0.1, 0.15) is 5.75 Å². The van der Waals surface area contributed by atoms with Crippen molar-refractivity contribution in [1.82, 2.24) is 4.90 Å². The Kier molecular flexibility index (Phi) is 5.38. The monoisotopic (exact) mass is 328 g/mol. The quantitative estimate of drug-likeness (QED) is 0.873. The van der Waals surface area contributed by atoms with Crippen LogP contribution in [-0.2, 0) is 0 Å². The Morgan fingerprint density at radius 1 is 1.47 bits per heavy atom. The summed E-state index contributed by atoms with van der Waals surface area (Å²) in [6.07, 6.45) is 0. The summed E-state index contributed by atoms with van der Waals surface area (Å²) in [6, 6.07) is 4.85. The van der Waals surface area contributed by atoms with Gasteiger partial charge in [0.05, 0.1) is 4.47 Å². The van der Waals surface area contributed by atoms with Crippen LogP contribution in [0.15, 0.2) is 22.7 Å². The highest BCUT2D eigenvalue weighted by molar-refractivity contribution is 9.10. The van der Waals surface area contributed by atoms with E-state index in [4.69, 9.17) is 5.73 Å². The number of rotatable bonds is 5. The van der Waals surface area contributed by atoms with Gasteiger partial charge in [0, 0.05) is 18.7 Å². The molecule has 1 aromatic carbocycles. The van der Waals surface area contributed by atoms with Crippen LogP contribution in [0.5, 0.6) is 5.75 Å². The largest absolute Gasteiger partial charge is 0.507 e. The Bertz CT molecular complexity index is 461. The summed E-state index contributed by atoms with van der Waals surface area (Å²) in [5.41, 5.74) is 6.07. The maximum atomic E-state index is 12.4. The minimum Gasteiger partial charge on any atom is -0.507 e. The number of nitrogens with two attached hydrogens (primary N) is 1. The summed E-state index contributed by atoms with van der Waals surface area (Å²) < 4.78 is 0.578. The molecule has 0 fully saturated rings. The molecular formula is C14H21BrN2O2.